The topological polar surface area (TPSA) is 60.2 Å². The van der Waals surface area contributed by atoms with Gasteiger partial charge in [-0.25, -0.2) is 8.78 Å². The molecule has 0 N–H and O–H groups in total. The van der Waals surface area contributed by atoms with Crippen molar-refractivity contribution in [1.29, 1.82) is 0 Å². The molecule has 0 unspecified atom stereocenters. The van der Waals surface area contributed by atoms with Gasteiger partial charge in [0.25, 0.3) is 5.69 Å². The summed E-state index contributed by atoms with van der Waals surface area (Å²) in [6, 6.07) is 7.14. The highest BCUT2D eigenvalue weighted by Gasteiger charge is 2.15. The molecule has 0 saturated carbocycles. The number of nitrogens with zero attached hydrogens (tertiary/aromatic N) is 1. The van der Waals surface area contributed by atoms with E-state index < -0.39 is 22.1 Å². The number of halogens is 2. The Hall–Kier alpha value is -2.63. The summed E-state index contributed by atoms with van der Waals surface area (Å²) in [7, 11) is 0. The monoisotopic (exact) mass is 262 g/mol. The van der Waals surface area contributed by atoms with E-state index in [2.05, 4.69) is 0 Å². The number of non-ortho nitro benzene ring substituents is 1. The standard InChI is InChI=1S/C13H6F2NO3/c14-12-6-5-10(13(15)11(12)7-17)8-1-3-9(4-2-8)16(18)19/h1-6H. The molecule has 0 heterocycles. The molecular formula is C13H6F2NO3. The number of benzene rings is 2. The van der Waals surface area contributed by atoms with Crippen LogP contribution in [0.1, 0.15) is 5.56 Å². The van der Waals surface area contributed by atoms with Crippen molar-refractivity contribution >= 4 is 12.0 Å². The second-order valence-electron chi connectivity index (χ2n) is 3.69. The Morgan fingerprint density at radius 1 is 1.05 bits per heavy atom. The van der Waals surface area contributed by atoms with Crippen LogP contribution in [0.4, 0.5) is 14.5 Å². The molecule has 0 amide bonds. The Balaban J connectivity index is 2.53. The van der Waals surface area contributed by atoms with Gasteiger partial charge in [0.15, 0.2) is 0 Å². The van der Waals surface area contributed by atoms with E-state index in [4.69, 9.17) is 0 Å². The predicted octanol–water partition coefficient (Wildman–Crippen LogP) is 3.00. The molecule has 0 bridgehead atoms. The minimum Gasteiger partial charge on any atom is -0.285 e. The third-order valence-electron chi connectivity index (χ3n) is 2.58. The third-order valence-corrected chi connectivity index (χ3v) is 2.58. The molecule has 0 aromatic heterocycles. The molecular weight excluding hydrogens is 256 g/mol. The summed E-state index contributed by atoms with van der Waals surface area (Å²) in [5.74, 6) is -2.04. The first-order chi connectivity index (χ1) is 9.04. The van der Waals surface area contributed by atoms with Gasteiger partial charge in [0.05, 0.1) is 10.5 Å². The summed E-state index contributed by atoms with van der Waals surface area (Å²) in [6.45, 7) is 0. The first-order valence-electron chi connectivity index (χ1n) is 5.15. The van der Waals surface area contributed by atoms with Gasteiger partial charge in [-0.15, -0.1) is 0 Å². The molecule has 0 saturated heterocycles. The lowest BCUT2D eigenvalue weighted by atomic mass is 10.0. The van der Waals surface area contributed by atoms with E-state index in [-0.39, 0.29) is 11.3 Å². The van der Waals surface area contributed by atoms with Crippen molar-refractivity contribution in [3.05, 3.63) is 63.7 Å². The zero-order valence-corrected chi connectivity index (χ0v) is 9.39. The summed E-state index contributed by atoms with van der Waals surface area (Å²) >= 11 is 0. The van der Waals surface area contributed by atoms with Gasteiger partial charge in [-0.3, -0.25) is 14.9 Å². The molecule has 6 heteroatoms. The fraction of sp³-hybridized carbons (Fsp3) is 0. The highest BCUT2D eigenvalue weighted by atomic mass is 19.1. The summed E-state index contributed by atoms with van der Waals surface area (Å²) in [4.78, 5) is 20.4. The maximum Gasteiger partial charge on any atom is 0.269 e. The van der Waals surface area contributed by atoms with Crippen molar-refractivity contribution in [2.24, 2.45) is 0 Å². The molecule has 2 aromatic carbocycles. The van der Waals surface area contributed by atoms with Gasteiger partial charge in [0.1, 0.15) is 11.6 Å². The van der Waals surface area contributed by atoms with Gasteiger partial charge >= 0.3 is 0 Å². The van der Waals surface area contributed by atoms with Gasteiger partial charge in [-0.2, -0.15) is 0 Å². The molecule has 4 nitrogen and oxygen atoms in total. The maximum absolute atomic E-state index is 13.8. The van der Waals surface area contributed by atoms with Gasteiger partial charge in [-0.05, 0) is 29.8 Å². The van der Waals surface area contributed by atoms with Gasteiger partial charge in [-0.1, -0.05) is 0 Å². The van der Waals surface area contributed by atoms with Crippen LogP contribution in [-0.4, -0.2) is 11.2 Å². The average Bonchev–Trinajstić information content (AvgIpc) is 2.39. The molecule has 2 rings (SSSR count). The van der Waals surface area contributed by atoms with E-state index in [9.17, 15) is 23.7 Å². The van der Waals surface area contributed by atoms with Crippen LogP contribution in [0, 0.1) is 21.7 Å². The minimum absolute atomic E-state index is 0.0188. The molecule has 0 aliphatic heterocycles. The number of nitro groups is 1. The smallest absolute Gasteiger partial charge is 0.269 e. The summed E-state index contributed by atoms with van der Waals surface area (Å²) in [6.07, 6.45) is 1.20. The number of hydrogen-bond acceptors (Lipinski definition) is 3. The number of hydrogen-bond donors (Lipinski definition) is 0. The van der Waals surface area contributed by atoms with Crippen LogP contribution in [0.2, 0.25) is 0 Å². The van der Waals surface area contributed by atoms with Crippen LogP contribution >= 0.6 is 0 Å². The molecule has 0 atom stereocenters. The van der Waals surface area contributed by atoms with E-state index >= 15 is 0 Å². The second kappa shape index (κ2) is 4.93. The van der Waals surface area contributed by atoms with Gasteiger partial charge in [0, 0.05) is 17.7 Å². The number of nitro benzene ring substituents is 1. The van der Waals surface area contributed by atoms with Gasteiger partial charge in [0.2, 0.25) is 6.29 Å². The number of carbonyl (C=O) groups excluding carboxylic acids is 1. The zero-order chi connectivity index (χ0) is 14.0. The summed E-state index contributed by atoms with van der Waals surface area (Å²) in [5.41, 5.74) is -0.640. The quantitative estimate of drug-likeness (QED) is 0.631. The van der Waals surface area contributed by atoms with Crippen LogP contribution in [0.3, 0.4) is 0 Å². The lowest BCUT2D eigenvalue weighted by Gasteiger charge is -2.05. The minimum atomic E-state index is -1.04. The second-order valence-corrected chi connectivity index (χ2v) is 3.69. The van der Waals surface area contributed by atoms with Gasteiger partial charge < -0.3 is 0 Å². The first-order valence-corrected chi connectivity index (χ1v) is 5.15. The van der Waals surface area contributed by atoms with Crippen molar-refractivity contribution in [3.63, 3.8) is 0 Å². The van der Waals surface area contributed by atoms with Crippen LogP contribution < -0.4 is 0 Å². The summed E-state index contributed by atoms with van der Waals surface area (Å²) < 4.78 is 27.0. The molecule has 19 heavy (non-hydrogen) atoms. The van der Waals surface area contributed by atoms with Crippen molar-refractivity contribution in [2.45, 2.75) is 0 Å². The first kappa shape index (κ1) is 12.8. The van der Waals surface area contributed by atoms with Crippen LogP contribution in [0.5, 0.6) is 0 Å². The summed E-state index contributed by atoms with van der Waals surface area (Å²) in [5, 5.41) is 10.5. The lowest BCUT2D eigenvalue weighted by Crippen LogP contribution is -1.97. The Morgan fingerprint density at radius 3 is 2.21 bits per heavy atom. The Kier molecular flexibility index (Phi) is 3.33. The zero-order valence-electron chi connectivity index (χ0n) is 9.39. The molecule has 95 valence electrons. The fourth-order valence-electron chi connectivity index (χ4n) is 1.63. The van der Waals surface area contributed by atoms with E-state index in [1.165, 1.54) is 30.6 Å². The molecule has 0 fully saturated rings. The molecule has 2 aromatic rings. The molecule has 0 aliphatic rings. The van der Waals surface area contributed by atoms with Crippen LogP contribution in [-0.2, 0) is 4.79 Å². The molecule has 0 spiro atoms. The van der Waals surface area contributed by atoms with E-state index in [1.807, 2.05) is 0 Å². The molecule has 0 aliphatic carbocycles. The van der Waals surface area contributed by atoms with E-state index in [0.717, 1.165) is 12.1 Å². The van der Waals surface area contributed by atoms with Crippen molar-refractivity contribution in [2.75, 3.05) is 0 Å². The fourth-order valence-corrected chi connectivity index (χ4v) is 1.63. The lowest BCUT2D eigenvalue weighted by molar-refractivity contribution is -0.384. The SMILES string of the molecule is O=[C]c1c(F)ccc(-c2ccc([N+](=O)[O-])cc2)c1F. The van der Waals surface area contributed by atoms with Crippen molar-refractivity contribution in [3.8, 4) is 11.1 Å². The highest BCUT2D eigenvalue weighted by molar-refractivity contribution is 5.80. The third kappa shape index (κ3) is 2.33. The van der Waals surface area contributed by atoms with Crippen LogP contribution in [0.25, 0.3) is 11.1 Å². The van der Waals surface area contributed by atoms with Crippen molar-refractivity contribution in [1.82, 2.24) is 0 Å². The average molecular weight is 262 g/mol. The van der Waals surface area contributed by atoms with Crippen LogP contribution in [0.15, 0.2) is 36.4 Å². The Labute approximate surface area is 106 Å². The highest BCUT2D eigenvalue weighted by Crippen LogP contribution is 2.27. The van der Waals surface area contributed by atoms with Crippen molar-refractivity contribution < 1.29 is 18.5 Å². The van der Waals surface area contributed by atoms with E-state index in [0.29, 0.717) is 5.56 Å². The Morgan fingerprint density at radius 2 is 1.68 bits per heavy atom. The normalized spacial score (nSPS) is 10.2. The predicted molar refractivity (Wildman–Crippen MR) is 63.2 cm³/mol. The number of rotatable bonds is 3. The van der Waals surface area contributed by atoms with E-state index in [1.54, 1.807) is 0 Å². The Bertz CT molecular complexity index is 654. The maximum atomic E-state index is 13.8. The largest absolute Gasteiger partial charge is 0.285 e. The molecule has 1 radical (unpaired) electrons.